The van der Waals surface area contributed by atoms with Crippen LogP contribution in [0.4, 0.5) is 5.69 Å². The van der Waals surface area contributed by atoms with E-state index in [1.807, 2.05) is 0 Å². The van der Waals surface area contributed by atoms with Crippen LogP contribution in [-0.4, -0.2) is 46.0 Å². The summed E-state index contributed by atoms with van der Waals surface area (Å²) in [6.07, 6.45) is 0. The minimum Gasteiger partial charge on any atom is -0.487 e. The van der Waals surface area contributed by atoms with Crippen LogP contribution in [-0.2, 0) is 4.79 Å². The van der Waals surface area contributed by atoms with Gasteiger partial charge in [0.1, 0.15) is 5.54 Å². The minimum absolute atomic E-state index is 0.0204. The van der Waals surface area contributed by atoms with Gasteiger partial charge in [-0.3, -0.25) is 14.9 Å². The first-order valence-corrected chi connectivity index (χ1v) is 6.55. The van der Waals surface area contributed by atoms with E-state index in [-0.39, 0.29) is 23.6 Å². The molecule has 0 heterocycles. The van der Waals surface area contributed by atoms with Crippen LogP contribution >= 0.6 is 0 Å². The Bertz CT molecular complexity index is 611. The topological polar surface area (TPSA) is 110 Å². The van der Waals surface area contributed by atoms with E-state index in [0.29, 0.717) is 0 Å². The van der Waals surface area contributed by atoms with Crippen LogP contribution in [0.25, 0.3) is 0 Å². The molecule has 1 aromatic carbocycles. The highest BCUT2D eigenvalue weighted by Gasteiger charge is 2.36. The normalized spacial score (nSPS) is 10.9. The minimum atomic E-state index is -1.44. The first kappa shape index (κ1) is 17.4. The summed E-state index contributed by atoms with van der Waals surface area (Å²) in [6, 6.07) is 3.78. The lowest BCUT2D eigenvalue weighted by molar-refractivity contribution is -0.385. The number of nitro groups is 1. The molecule has 1 rings (SSSR count). The number of carbonyl (C=O) groups is 2. The van der Waals surface area contributed by atoms with E-state index >= 15 is 0 Å². The van der Waals surface area contributed by atoms with E-state index in [2.05, 4.69) is 0 Å². The number of likely N-dealkylation sites (N-methyl/N-ethyl adjacent to an activating group) is 1. The Kier molecular flexibility index (Phi) is 5.08. The van der Waals surface area contributed by atoms with Gasteiger partial charge in [0.2, 0.25) is 0 Å². The monoisotopic (exact) mass is 310 g/mol. The first-order chi connectivity index (χ1) is 10.1. The van der Waals surface area contributed by atoms with Crippen molar-refractivity contribution in [1.82, 2.24) is 4.90 Å². The lowest BCUT2D eigenvalue weighted by Crippen LogP contribution is -2.50. The first-order valence-electron chi connectivity index (χ1n) is 6.55. The summed E-state index contributed by atoms with van der Waals surface area (Å²) < 4.78 is 5.14. The largest absolute Gasteiger partial charge is 0.487 e. The molecular formula is C14H18N2O6. The molecule has 0 radical (unpaired) electrons. The zero-order chi connectivity index (χ0) is 17.1. The van der Waals surface area contributed by atoms with E-state index in [1.54, 1.807) is 6.92 Å². The highest BCUT2D eigenvalue weighted by atomic mass is 16.6. The number of carboxylic acid groups (broad SMARTS) is 1. The van der Waals surface area contributed by atoms with Gasteiger partial charge < -0.3 is 14.7 Å². The standard InChI is InChI=1S/C14H18N2O6/c1-5-22-11-7-6-9(8-10(11)16(20)21)12(17)15(4)14(2,3)13(18)19/h6-8H,5H2,1-4H3,(H,18,19). The van der Waals surface area contributed by atoms with Crippen molar-refractivity contribution in [3.05, 3.63) is 33.9 Å². The van der Waals surface area contributed by atoms with Crippen LogP contribution in [0.15, 0.2) is 18.2 Å². The van der Waals surface area contributed by atoms with E-state index in [9.17, 15) is 19.7 Å². The molecule has 0 unspecified atom stereocenters. The van der Waals surface area contributed by atoms with Crippen LogP contribution in [0.3, 0.4) is 0 Å². The summed E-state index contributed by atoms with van der Waals surface area (Å²) in [5.41, 5.74) is -1.76. The number of carbonyl (C=O) groups excluding carboxylic acids is 1. The highest BCUT2D eigenvalue weighted by Crippen LogP contribution is 2.29. The molecule has 1 N–H and O–H groups in total. The predicted octanol–water partition coefficient (Wildman–Crippen LogP) is 1.93. The second-order valence-electron chi connectivity index (χ2n) is 5.10. The van der Waals surface area contributed by atoms with Gasteiger partial charge in [-0.05, 0) is 32.9 Å². The molecule has 22 heavy (non-hydrogen) atoms. The summed E-state index contributed by atoms with van der Waals surface area (Å²) in [4.78, 5) is 35.0. The van der Waals surface area contributed by atoms with Gasteiger partial charge >= 0.3 is 11.7 Å². The van der Waals surface area contributed by atoms with Crippen molar-refractivity contribution in [3.63, 3.8) is 0 Å². The Labute approximate surface area is 127 Å². The Morgan fingerprint density at radius 3 is 2.45 bits per heavy atom. The number of nitro benzene ring substituents is 1. The molecule has 0 saturated carbocycles. The van der Waals surface area contributed by atoms with E-state index < -0.39 is 22.3 Å². The summed E-state index contributed by atoms with van der Waals surface area (Å²) >= 11 is 0. The number of carboxylic acids is 1. The van der Waals surface area contributed by atoms with Crippen molar-refractivity contribution in [3.8, 4) is 5.75 Å². The second-order valence-corrected chi connectivity index (χ2v) is 5.10. The van der Waals surface area contributed by atoms with Gasteiger partial charge in [-0.15, -0.1) is 0 Å². The van der Waals surface area contributed by atoms with Gasteiger partial charge in [0, 0.05) is 18.7 Å². The molecule has 0 aliphatic heterocycles. The van der Waals surface area contributed by atoms with Crippen LogP contribution in [0, 0.1) is 10.1 Å². The number of nitrogens with zero attached hydrogens (tertiary/aromatic N) is 2. The van der Waals surface area contributed by atoms with E-state index in [1.165, 1.54) is 33.0 Å². The third-order valence-corrected chi connectivity index (χ3v) is 3.37. The van der Waals surface area contributed by atoms with Crippen molar-refractivity contribution in [2.75, 3.05) is 13.7 Å². The van der Waals surface area contributed by atoms with Crippen LogP contribution < -0.4 is 4.74 Å². The Hall–Kier alpha value is -2.64. The summed E-state index contributed by atoms with van der Waals surface area (Å²) in [5.74, 6) is -1.74. The molecule has 0 bridgehead atoms. The Morgan fingerprint density at radius 1 is 1.41 bits per heavy atom. The number of rotatable bonds is 6. The average Bonchev–Trinajstić information content (AvgIpc) is 2.45. The molecule has 1 amide bonds. The fourth-order valence-corrected chi connectivity index (χ4v) is 1.66. The van der Waals surface area contributed by atoms with Gasteiger partial charge in [0.15, 0.2) is 5.75 Å². The van der Waals surface area contributed by atoms with Crippen LogP contribution in [0.2, 0.25) is 0 Å². The van der Waals surface area contributed by atoms with Crippen molar-refractivity contribution >= 4 is 17.6 Å². The van der Waals surface area contributed by atoms with Crippen molar-refractivity contribution in [2.24, 2.45) is 0 Å². The number of ether oxygens (including phenoxy) is 1. The van der Waals surface area contributed by atoms with Gasteiger partial charge in [0.05, 0.1) is 11.5 Å². The fraction of sp³-hybridized carbons (Fsp3) is 0.429. The molecular weight excluding hydrogens is 292 g/mol. The third kappa shape index (κ3) is 3.33. The molecule has 0 atom stereocenters. The average molecular weight is 310 g/mol. The number of aliphatic carboxylic acids is 1. The number of benzene rings is 1. The fourth-order valence-electron chi connectivity index (χ4n) is 1.66. The molecule has 120 valence electrons. The SMILES string of the molecule is CCOc1ccc(C(=O)N(C)C(C)(C)C(=O)O)cc1[N+](=O)[O-]. The Balaban J connectivity index is 3.22. The van der Waals surface area contributed by atoms with Crippen molar-refractivity contribution < 1.29 is 24.4 Å². The van der Waals surface area contributed by atoms with Crippen LogP contribution in [0.5, 0.6) is 5.75 Å². The Morgan fingerprint density at radius 2 is 2.00 bits per heavy atom. The second kappa shape index (κ2) is 6.42. The molecule has 0 aliphatic rings. The lowest BCUT2D eigenvalue weighted by Gasteiger charge is -2.31. The van der Waals surface area contributed by atoms with Crippen LogP contribution in [0.1, 0.15) is 31.1 Å². The van der Waals surface area contributed by atoms with Crippen molar-refractivity contribution in [1.29, 1.82) is 0 Å². The zero-order valence-corrected chi connectivity index (χ0v) is 12.8. The molecule has 0 spiro atoms. The summed E-state index contributed by atoms with van der Waals surface area (Å²) in [7, 11) is 1.33. The van der Waals surface area contributed by atoms with Gasteiger partial charge in [-0.2, -0.15) is 0 Å². The molecule has 0 aliphatic carbocycles. The summed E-state index contributed by atoms with van der Waals surface area (Å²) in [5, 5.41) is 20.2. The molecule has 8 nitrogen and oxygen atoms in total. The van der Waals surface area contributed by atoms with Gasteiger partial charge in [0.25, 0.3) is 5.91 Å². The van der Waals surface area contributed by atoms with E-state index in [4.69, 9.17) is 9.84 Å². The number of hydrogen-bond acceptors (Lipinski definition) is 5. The molecule has 1 aromatic rings. The smallest absolute Gasteiger partial charge is 0.329 e. The van der Waals surface area contributed by atoms with E-state index in [0.717, 1.165) is 11.0 Å². The quantitative estimate of drug-likeness (QED) is 0.635. The highest BCUT2D eigenvalue weighted by molar-refractivity contribution is 5.98. The molecule has 0 saturated heterocycles. The number of amides is 1. The van der Waals surface area contributed by atoms with Crippen molar-refractivity contribution in [2.45, 2.75) is 26.3 Å². The summed E-state index contributed by atoms with van der Waals surface area (Å²) in [6.45, 7) is 4.68. The third-order valence-electron chi connectivity index (χ3n) is 3.37. The maximum Gasteiger partial charge on any atom is 0.329 e. The maximum absolute atomic E-state index is 12.3. The number of hydrogen-bond donors (Lipinski definition) is 1. The molecule has 0 aromatic heterocycles. The van der Waals surface area contributed by atoms with Gasteiger partial charge in [-0.1, -0.05) is 0 Å². The van der Waals surface area contributed by atoms with Gasteiger partial charge in [-0.25, -0.2) is 4.79 Å². The predicted molar refractivity (Wildman–Crippen MR) is 78.1 cm³/mol. The maximum atomic E-state index is 12.3. The molecule has 8 heteroatoms. The lowest BCUT2D eigenvalue weighted by atomic mass is 10.0. The zero-order valence-electron chi connectivity index (χ0n) is 12.8. The molecule has 0 fully saturated rings.